The van der Waals surface area contributed by atoms with Gasteiger partial charge in [-0.3, -0.25) is 0 Å². The van der Waals surface area contributed by atoms with Crippen molar-refractivity contribution in [3.8, 4) is 5.75 Å². The molecule has 1 aromatic rings. The Hall–Kier alpha value is -1.09. The minimum atomic E-state index is -0.353. The molecule has 0 bridgehead atoms. The van der Waals surface area contributed by atoms with Crippen molar-refractivity contribution in [3.05, 3.63) is 29.6 Å². The van der Waals surface area contributed by atoms with Crippen molar-refractivity contribution in [2.45, 2.75) is 32.9 Å². The lowest BCUT2D eigenvalue weighted by molar-refractivity contribution is 0.231. The Morgan fingerprint density at radius 1 is 1.29 bits per heavy atom. The van der Waals surface area contributed by atoms with Gasteiger partial charge in [-0.1, -0.05) is 6.07 Å². The van der Waals surface area contributed by atoms with Crippen molar-refractivity contribution in [2.24, 2.45) is 5.73 Å². The fraction of sp³-hybridized carbons (Fsp3) is 0.455. The molecule has 0 fully saturated rings. The van der Waals surface area contributed by atoms with Gasteiger partial charge in [-0.2, -0.15) is 0 Å². The molecule has 0 radical (unpaired) electrons. The molecule has 0 aliphatic rings. The zero-order valence-electron chi connectivity index (χ0n) is 8.75. The molecule has 0 aliphatic heterocycles. The molecule has 0 amide bonds. The predicted molar refractivity (Wildman–Crippen MR) is 54.8 cm³/mol. The molecule has 0 aliphatic carbocycles. The van der Waals surface area contributed by atoms with E-state index in [-0.39, 0.29) is 23.7 Å². The molecule has 0 spiro atoms. The van der Waals surface area contributed by atoms with E-state index >= 15 is 0 Å². The number of ether oxygens (including phenoxy) is 1. The molecule has 1 unspecified atom stereocenters. The maximum Gasteiger partial charge on any atom is 0.165 e. The van der Waals surface area contributed by atoms with Crippen LogP contribution in [0, 0.1) is 5.82 Å². The van der Waals surface area contributed by atoms with Crippen LogP contribution in [0.1, 0.15) is 32.4 Å². The minimum Gasteiger partial charge on any atom is -0.488 e. The van der Waals surface area contributed by atoms with Crippen molar-refractivity contribution >= 4 is 0 Å². The molecule has 14 heavy (non-hydrogen) atoms. The Kier molecular flexibility index (Phi) is 3.47. The number of nitrogens with two attached hydrogens (primary N) is 1. The molecular weight excluding hydrogens is 181 g/mol. The van der Waals surface area contributed by atoms with E-state index in [1.807, 2.05) is 20.8 Å². The summed E-state index contributed by atoms with van der Waals surface area (Å²) in [6.45, 7) is 5.54. The molecule has 78 valence electrons. The largest absolute Gasteiger partial charge is 0.488 e. The second-order valence-electron chi connectivity index (χ2n) is 3.65. The van der Waals surface area contributed by atoms with Crippen molar-refractivity contribution in [3.63, 3.8) is 0 Å². The SMILES string of the molecule is CC(C)Oc1ccc(C(C)N)cc1F. The van der Waals surface area contributed by atoms with Gasteiger partial charge in [-0.25, -0.2) is 4.39 Å². The Balaban J connectivity index is 2.90. The van der Waals surface area contributed by atoms with Crippen molar-refractivity contribution < 1.29 is 9.13 Å². The van der Waals surface area contributed by atoms with Crippen LogP contribution in [0.5, 0.6) is 5.75 Å². The van der Waals surface area contributed by atoms with E-state index in [9.17, 15) is 4.39 Å². The van der Waals surface area contributed by atoms with Gasteiger partial charge in [0.2, 0.25) is 0 Å². The van der Waals surface area contributed by atoms with Gasteiger partial charge in [-0.05, 0) is 38.5 Å². The second kappa shape index (κ2) is 4.42. The van der Waals surface area contributed by atoms with Gasteiger partial charge < -0.3 is 10.5 Å². The van der Waals surface area contributed by atoms with E-state index in [2.05, 4.69) is 0 Å². The lowest BCUT2D eigenvalue weighted by Crippen LogP contribution is -2.09. The number of rotatable bonds is 3. The first kappa shape index (κ1) is 11.0. The zero-order valence-corrected chi connectivity index (χ0v) is 8.75. The zero-order chi connectivity index (χ0) is 10.7. The second-order valence-corrected chi connectivity index (χ2v) is 3.65. The summed E-state index contributed by atoms with van der Waals surface area (Å²) in [4.78, 5) is 0. The van der Waals surface area contributed by atoms with Gasteiger partial charge in [0.05, 0.1) is 6.10 Å². The van der Waals surface area contributed by atoms with Gasteiger partial charge >= 0.3 is 0 Å². The molecule has 0 heterocycles. The van der Waals surface area contributed by atoms with Crippen LogP contribution in [0.15, 0.2) is 18.2 Å². The van der Waals surface area contributed by atoms with Crippen molar-refractivity contribution in [2.75, 3.05) is 0 Å². The molecule has 0 saturated carbocycles. The van der Waals surface area contributed by atoms with Crippen LogP contribution in [0.3, 0.4) is 0 Å². The maximum absolute atomic E-state index is 13.4. The highest BCUT2D eigenvalue weighted by molar-refractivity contribution is 5.30. The van der Waals surface area contributed by atoms with Crippen molar-refractivity contribution in [1.82, 2.24) is 0 Å². The van der Waals surface area contributed by atoms with Crippen LogP contribution in [-0.2, 0) is 0 Å². The first-order valence-electron chi connectivity index (χ1n) is 4.72. The fourth-order valence-corrected chi connectivity index (χ4v) is 1.15. The molecular formula is C11H16FNO. The molecule has 1 atom stereocenters. The number of benzene rings is 1. The van der Waals surface area contributed by atoms with Gasteiger partial charge in [0.15, 0.2) is 11.6 Å². The first-order chi connectivity index (χ1) is 6.50. The normalized spacial score (nSPS) is 13.0. The van der Waals surface area contributed by atoms with E-state index in [1.54, 1.807) is 12.1 Å². The van der Waals surface area contributed by atoms with E-state index < -0.39 is 0 Å². The summed E-state index contributed by atoms with van der Waals surface area (Å²) in [5.74, 6) is -0.0714. The number of hydrogen-bond donors (Lipinski definition) is 1. The van der Waals surface area contributed by atoms with E-state index in [1.165, 1.54) is 6.07 Å². The Labute approximate surface area is 83.9 Å². The highest BCUT2D eigenvalue weighted by atomic mass is 19.1. The summed E-state index contributed by atoms with van der Waals surface area (Å²) < 4.78 is 18.7. The Morgan fingerprint density at radius 3 is 2.36 bits per heavy atom. The van der Waals surface area contributed by atoms with Gasteiger partial charge in [0.25, 0.3) is 0 Å². The van der Waals surface area contributed by atoms with E-state index in [0.717, 1.165) is 5.56 Å². The molecule has 1 aromatic carbocycles. The van der Waals surface area contributed by atoms with E-state index in [4.69, 9.17) is 10.5 Å². The third-order valence-corrected chi connectivity index (χ3v) is 1.84. The lowest BCUT2D eigenvalue weighted by Gasteiger charge is -2.12. The van der Waals surface area contributed by atoms with Crippen LogP contribution in [-0.4, -0.2) is 6.10 Å². The molecule has 0 saturated heterocycles. The monoisotopic (exact) mass is 197 g/mol. The minimum absolute atomic E-state index is 0.0225. The third kappa shape index (κ3) is 2.70. The summed E-state index contributed by atoms with van der Waals surface area (Å²) in [7, 11) is 0. The first-order valence-corrected chi connectivity index (χ1v) is 4.72. The van der Waals surface area contributed by atoms with Gasteiger partial charge in [0.1, 0.15) is 0 Å². The highest BCUT2D eigenvalue weighted by Crippen LogP contribution is 2.21. The Bertz CT molecular complexity index is 310. The van der Waals surface area contributed by atoms with Gasteiger partial charge in [-0.15, -0.1) is 0 Å². The van der Waals surface area contributed by atoms with E-state index in [0.29, 0.717) is 0 Å². The molecule has 3 heteroatoms. The fourth-order valence-electron chi connectivity index (χ4n) is 1.15. The Morgan fingerprint density at radius 2 is 1.93 bits per heavy atom. The topological polar surface area (TPSA) is 35.2 Å². The summed E-state index contributed by atoms with van der Waals surface area (Å²) in [6.07, 6.45) is -0.0225. The van der Waals surface area contributed by atoms with Crippen LogP contribution < -0.4 is 10.5 Å². The third-order valence-electron chi connectivity index (χ3n) is 1.84. The maximum atomic E-state index is 13.4. The summed E-state index contributed by atoms with van der Waals surface area (Å²) >= 11 is 0. The van der Waals surface area contributed by atoms with Crippen LogP contribution >= 0.6 is 0 Å². The van der Waals surface area contributed by atoms with Crippen molar-refractivity contribution in [1.29, 1.82) is 0 Å². The smallest absolute Gasteiger partial charge is 0.165 e. The summed E-state index contributed by atoms with van der Waals surface area (Å²) in [5, 5.41) is 0. The highest BCUT2D eigenvalue weighted by Gasteiger charge is 2.08. The summed E-state index contributed by atoms with van der Waals surface area (Å²) in [5.41, 5.74) is 6.40. The number of hydrogen-bond acceptors (Lipinski definition) is 2. The average Bonchev–Trinajstić information content (AvgIpc) is 2.07. The van der Waals surface area contributed by atoms with Crippen LogP contribution in [0.25, 0.3) is 0 Å². The molecule has 2 nitrogen and oxygen atoms in total. The molecule has 1 rings (SSSR count). The molecule has 0 aromatic heterocycles. The predicted octanol–water partition coefficient (Wildman–Crippen LogP) is 2.63. The van der Waals surface area contributed by atoms with Crippen LogP contribution in [0.4, 0.5) is 4.39 Å². The summed E-state index contributed by atoms with van der Waals surface area (Å²) in [6, 6.07) is 4.67. The van der Waals surface area contributed by atoms with Crippen LogP contribution in [0.2, 0.25) is 0 Å². The number of halogens is 1. The quantitative estimate of drug-likeness (QED) is 0.808. The average molecular weight is 197 g/mol. The lowest BCUT2D eigenvalue weighted by atomic mass is 10.1. The van der Waals surface area contributed by atoms with Gasteiger partial charge in [0, 0.05) is 6.04 Å². The standard InChI is InChI=1S/C11H16FNO/c1-7(2)14-11-5-4-9(8(3)13)6-10(11)12/h4-8H,13H2,1-3H3. The molecule has 2 N–H and O–H groups in total.